The number of nitrogens with two attached hydrogens (primary N) is 1. The number of anilines is 1. The largest absolute Gasteiger partial charge is 0.480 e. The molecule has 1 aromatic carbocycles. The van der Waals surface area contributed by atoms with Crippen LogP contribution in [0.5, 0.6) is 11.8 Å². The van der Waals surface area contributed by atoms with Gasteiger partial charge in [-0.15, -0.1) is 0 Å². The highest BCUT2D eigenvalue weighted by molar-refractivity contribution is 5.96. The molecular weight excluding hydrogens is 587 g/mol. The topological polar surface area (TPSA) is 168 Å². The minimum absolute atomic E-state index is 0.0870. The van der Waals surface area contributed by atoms with Gasteiger partial charge < -0.3 is 25.3 Å². The number of rotatable bonds is 11. The summed E-state index contributed by atoms with van der Waals surface area (Å²) in [7, 11) is 4.29. The minimum Gasteiger partial charge on any atom is -0.480 e. The Bertz CT molecular complexity index is 1680. The van der Waals surface area contributed by atoms with Crippen LogP contribution in [0.25, 0.3) is 16.9 Å². The molecule has 0 bridgehead atoms. The highest BCUT2D eigenvalue weighted by Gasteiger charge is 2.37. The molecule has 2 atom stereocenters. The summed E-state index contributed by atoms with van der Waals surface area (Å²) in [5, 5.41) is 12.3. The van der Waals surface area contributed by atoms with Crippen LogP contribution < -0.4 is 25.8 Å². The second-order valence-electron chi connectivity index (χ2n) is 10.1. The fourth-order valence-electron chi connectivity index (χ4n) is 5.00. The van der Waals surface area contributed by atoms with E-state index in [0.29, 0.717) is 53.6 Å². The zero-order chi connectivity index (χ0) is 32.1. The molecule has 1 aliphatic rings. The van der Waals surface area contributed by atoms with Crippen molar-refractivity contribution in [2.45, 2.75) is 19.1 Å². The second kappa shape index (κ2) is 13.7. The first kappa shape index (κ1) is 31.3. The zero-order valence-corrected chi connectivity index (χ0v) is 25.1. The van der Waals surface area contributed by atoms with Gasteiger partial charge in [-0.2, -0.15) is 10.2 Å². The van der Waals surface area contributed by atoms with Gasteiger partial charge in [0.1, 0.15) is 17.5 Å². The van der Waals surface area contributed by atoms with Crippen molar-refractivity contribution in [1.29, 1.82) is 0 Å². The Morgan fingerprint density at radius 1 is 1.09 bits per heavy atom. The smallest absolute Gasteiger partial charge is 0.320 e. The summed E-state index contributed by atoms with van der Waals surface area (Å²) in [6, 6.07) is 10.9. The molecule has 0 unspecified atom stereocenters. The number of primary amides is 1. The van der Waals surface area contributed by atoms with E-state index >= 15 is 0 Å². The molecule has 5 rings (SSSR count). The normalized spacial score (nSPS) is 16.4. The maximum absolute atomic E-state index is 14.6. The number of ether oxygens (including phenoxy) is 3. The van der Waals surface area contributed by atoms with Crippen molar-refractivity contribution in [2.75, 3.05) is 46.3 Å². The third-order valence-corrected chi connectivity index (χ3v) is 7.18. The summed E-state index contributed by atoms with van der Waals surface area (Å²) in [5.74, 6) is -1.05. The summed E-state index contributed by atoms with van der Waals surface area (Å²) >= 11 is 0. The number of hydrogen-bond donors (Lipinski definition) is 3. The van der Waals surface area contributed by atoms with E-state index in [9.17, 15) is 14.0 Å². The molecule has 3 amide bonds. The molecule has 4 N–H and O–H groups in total. The van der Waals surface area contributed by atoms with Crippen LogP contribution in [0.15, 0.2) is 54.9 Å². The van der Waals surface area contributed by atoms with Crippen molar-refractivity contribution < 1.29 is 33.0 Å². The number of pyridine rings is 2. The Hall–Kier alpha value is -5.12. The molecule has 0 spiro atoms. The molecule has 4 aromatic rings. The van der Waals surface area contributed by atoms with Crippen LogP contribution in [0, 0.1) is 12.7 Å². The van der Waals surface area contributed by atoms with E-state index in [0.717, 1.165) is 0 Å². The number of urea groups is 1. The molecule has 0 radical (unpaired) electrons. The number of para-hydroxylation sites is 1. The molecule has 0 aliphatic carbocycles. The van der Waals surface area contributed by atoms with Gasteiger partial charge in [-0.1, -0.05) is 18.2 Å². The summed E-state index contributed by atoms with van der Waals surface area (Å²) in [6.07, 6.45) is 2.22. The highest BCUT2D eigenvalue weighted by atomic mass is 19.1. The first-order valence-electron chi connectivity index (χ1n) is 13.9. The van der Waals surface area contributed by atoms with Crippen molar-refractivity contribution in [3.63, 3.8) is 0 Å². The summed E-state index contributed by atoms with van der Waals surface area (Å²) < 4.78 is 31.4. The molecule has 14 nitrogen and oxygen atoms in total. The first-order chi connectivity index (χ1) is 21.7. The highest BCUT2D eigenvalue weighted by Crippen LogP contribution is 2.33. The Balaban J connectivity index is 1.46. The van der Waals surface area contributed by atoms with Crippen LogP contribution in [-0.2, 0) is 9.57 Å². The SMILES string of the molecule is COCCN1C[C@@H](NC(=O)Nc2c(C)c(-c3cnc(OC)c(C(N)=O)c3)nn2-c2ccccc2)[C@H](c2cnc(OC)c(F)c2)O1. The number of carbonyl (C=O) groups excluding carboxylic acids is 2. The third kappa shape index (κ3) is 6.69. The number of methoxy groups -OCH3 is 3. The summed E-state index contributed by atoms with van der Waals surface area (Å²) in [6.45, 7) is 2.89. The molecule has 1 fully saturated rings. The van der Waals surface area contributed by atoms with E-state index in [4.69, 9.17) is 29.9 Å². The lowest BCUT2D eigenvalue weighted by Gasteiger charge is -2.19. The first-order valence-corrected chi connectivity index (χ1v) is 13.9. The quantitative estimate of drug-likeness (QED) is 0.227. The van der Waals surface area contributed by atoms with Gasteiger partial charge in [0.15, 0.2) is 5.82 Å². The number of nitrogens with zero attached hydrogens (tertiary/aromatic N) is 5. The van der Waals surface area contributed by atoms with Crippen molar-refractivity contribution in [2.24, 2.45) is 5.73 Å². The summed E-state index contributed by atoms with van der Waals surface area (Å²) in [4.78, 5) is 40.0. The molecule has 236 valence electrons. The number of benzene rings is 1. The van der Waals surface area contributed by atoms with E-state index < -0.39 is 29.9 Å². The van der Waals surface area contributed by atoms with E-state index in [1.807, 2.05) is 30.3 Å². The van der Waals surface area contributed by atoms with E-state index in [1.165, 1.54) is 32.7 Å². The number of hydroxylamine groups is 2. The Labute approximate surface area is 258 Å². The number of aromatic nitrogens is 4. The van der Waals surface area contributed by atoms with Crippen LogP contribution in [-0.4, -0.2) is 83.8 Å². The van der Waals surface area contributed by atoms with Crippen LogP contribution in [0.1, 0.15) is 27.6 Å². The molecule has 3 aromatic heterocycles. The predicted molar refractivity (Wildman–Crippen MR) is 161 cm³/mol. The fourth-order valence-corrected chi connectivity index (χ4v) is 5.00. The lowest BCUT2D eigenvalue weighted by Crippen LogP contribution is -2.42. The molecule has 15 heteroatoms. The van der Waals surface area contributed by atoms with Crippen molar-refractivity contribution in [1.82, 2.24) is 30.1 Å². The number of amides is 3. The monoisotopic (exact) mass is 620 g/mol. The summed E-state index contributed by atoms with van der Waals surface area (Å²) in [5.41, 5.74) is 8.28. The molecule has 4 heterocycles. The third-order valence-electron chi connectivity index (χ3n) is 7.18. The molecule has 45 heavy (non-hydrogen) atoms. The zero-order valence-electron chi connectivity index (χ0n) is 25.1. The number of hydrogen-bond acceptors (Lipinski definition) is 10. The molecule has 0 saturated carbocycles. The minimum atomic E-state index is -0.742. The van der Waals surface area contributed by atoms with Gasteiger partial charge in [0.25, 0.3) is 5.91 Å². The van der Waals surface area contributed by atoms with E-state index in [1.54, 1.807) is 29.8 Å². The van der Waals surface area contributed by atoms with Crippen molar-refractivity contribution >= 4 is 17.8 Å². The molecule has 1 aliphatic heterocycles. The number of nitrogens with one attached hydrogen (secondary N) is 2. The Kier molecular flexibility index (Phi) is 9.51. The van der Waals surface area contributed by atoms with Crippen LogP contribution in [0.4, 0.5) is 15.0 Å². The standard InChI is InChI=1S/C30H33FN8O6/c1-17-24(18-12-21(26(32)40)28(43-3)33-14-18)37-39(20-8-6-5-7-9-20)27(17)36-30(41)35-23-16-38(10-11-42-2)45-25(23)19-13-22(31)29(44-4)34-15-19/h5-9,12-15,23,25H,10-11,16H2,1-4H3,(H2,32,40)(H2,35,36,41)/t23-,25+/m1/s1. The number of halogens is 1. The lowest BCUT2D eigenvalue weighted by molar-refractivity contribution is -0.154. The van der Waals surface area contributed by atoms with Gasteiger partial charge in [-0.3, -0.25) is 14.9 Å². The second-order valence-corrected chi connectivity index (χ2v) is 10.1. The van der Waals surface area contributed by atoms with Crippen LogP contribution >= 0.6 is 0 Å². The lowest BCUT2D eigenvalue weighted by atomic mass is 10.0. The average Bonchev–Trinajstić information content (AvgIpc) is 3.60. The van der Waals surface area contributed by atoms with Gasteiger partial charge in [-0.25, -0.2) is 23.8 Å². The van der Waals surface area contributed by atoms with Gasteiger partial charge in [-0.05, 0) is 31.2 Å². The van der Waals surface area contributed by atoms with Gasteiger partial charge in [0.05, 0.1) is 38.2 Å². The number of carbonyl (C=O) groups is 2. The Morgan fingerprint density at radius 3 is 2.49 bits per heavy atom. The van der Waals surface area contributed by atoms with Crippen LogP contribution in [0.3, 0.4) is 0 Å². The molecular formula is C30H33FN8O6. The van der Waals surface area contributed by atoms with E-state index in [2.05, 4.69) is 20.6 Å². The fraction of sp³-hybridized carbons (Fsp3) is 0.300. The molecule has 1 saturated heterocycles. The average molecular weight is 621 g/mol. The van der Waals surface area contributed by atoms with Gasteiger partial charge >= 0.3 is 6.03 Å². The van der Waals surface area contributed by atoms with Gasteiger partial charge in [0.2, 0.25) is 11.8 Å². The Morgan fingerprint density at radius 2 is 1.82 bits per heavy atom. The maximum Gasteiger partial charge on any atom is 0.320 e. The van der Waals surface area contributed by atoms with Crippen LogP contribution in [0.2, 0.25) is 0 Å². The van der Waals surface area contributed by atoms with Crippen molar-refractivity contribution in [3.05, 3.63) is 77.4 Å². The van der Waals surface area contributed by atoms with Crippen molar-refractivity contribution in [3.8, 4) is 28.7 Å². The maximum atomic E-state index is 14.6. The van der Waals surface area contributed by atoms with Gasteiger partial charge in [0, 0.05) is 49.3 Å². The predicted octanol–water partition coefficient (Wildman–Crippen LogP) is 3.02. The van der Waals surface area contributed by atoms with E-state index in [-0.39, 0.29) is 17.3 Å².